The maximum absolute atomic E-state index is 8.25. The first-order valence-corrected chi connectivity index (χ1v) is 4.03. The van der Waals surface area contributed by atoms with E-state index in [2.05, 4.69) is 11.9 Å². The second-order valence-electron chi connectivity index (χ2n) is 2.63. The fourth-order valence-corrected chi connectivity index (χ4v) is 0.917. The van der Waals surface area contributed by atoms with Crippen LogP contribution in [0.5, 0.6) is 0 Å². The third-order valence-corrected chi connectivity index (χ3v) is 1.63. The van der Waals surface area contributed by atoms with Gasteiger partial charge in [0.15, 0.2) is 0 Å². The SMILES string of the molecule is CCC(N)c1nccn1C.O=[N+]([O-])[O-].[Na+]. The normalized spacial score (nSPS) is 10.6. The minimum absolute atomic E-state index is 0. The van der Waals surface area contributed by atoms with E-state index in [1.165, 1.54) is 0 Å². The molecule has 1 unspecified atom stereocenters. The zero-order valence-electron chi connectivity index (χ0n) is 9.08. The molecular formula is C7H13N4NaO3. The smallest absolute Gasteiger partial charge is 0.356 e. The molecular weight excluding hydrogens is 211 g/mol. The average molecular weight is 224 g/mol. The minimum Gasteiger partial charge on any atom is -0.356 e. The first-order valence-electron chi connectivity index (χ1n) is 4.03. The van der Waals surface area contributed by atoms with E-state index in [4.69, 9.17) is 21.1 Å². The third-order valence-electron chi connectivity index (χ3n) is 1.63. The van der Waals surface area contributed by atoms with Crippen LogP contribution in [-0.2, 0) is 7.05 Å². The van der Waals surface area contributed by atoms with E-state index in [0.29, 0.717) is 0 Å². The quantitative estimate of drug-likeness (QED) is 0.342. The monoisotopic (exact) mass is 224 g/mol. The van der Waals surface area contributed by atoms with Gasteiger partial charge in [-0.25, -0.2) is 4.98 Å². The van der Waals surface area contributed by atoms with Gasteiger partial charge in [-0.3, -0.25) is 0 Å². The molecule has 0 aromatic carbocycles. The standard InChI is InChI=1S/C7H13N3.NO3.Na/c1-3-6(8)7-9-4-5-10(7)2;2-1(3)4;/h4-6H,3,8H2,1-2H3;;/q;-1;+1. The second kappa shape index (κ2) is 8.66. The van der Waals surface area contributed by atoms with Crippen molar-refractivity contribution in [1.29, 1.82) is 0 Å². The van der Waals surface area contributed by atoms with Crippen LogP contribution < -0.4 is 35.3 Å². The Morgan fingerprint density at radius 1 is 1.67 bits per heavy atom. The summed E-state index contributed by atoms with van der Waals surface area (Å²) in [5.41, 5.74) is 5.76. The van der Waals surface area contributed by atoms with Gasteiger partial charge in [-0.2, -0.15) is 0 Å². The number of nitrogens with two attached hydrogens (primary N) is 1. The van der Waals surface area contributed by atoms with Crippen molar-refractivity contribution in [3.63, 3.8) is 0 Å². The summed E-state index contributed by atoms with van der Waals surface area (Å²) in [5.74, 6) is 0.961. The Morgan fingerprint density at radius 2 is 2.13 bits per heavy atom. The van der Waals surface area contributed by atoms with Gasteiger partial charge in [-0.05, 0) is 6.42 Å². The molecule has 0 aliphatic heterocycles. The number of aryl methyl sites for hydroxylation is 1. The molecule has 0 radical (unpaired) electrons. The molecule has 0 amide bonds. The molecule has 1 rings (SSSR count). The van der Waals surface area contributed by atoms with Crippen molar-refractivity contribution in [3.8, 4) is 0 Å². The summed E-state index contributed by atoms with van der Waals surface area (Å²) in [5, 5.41) is 14.8. The molecule has 0 fully saturated rings. The van der Waals surface area contributed by atoms with Gasteiger partial charge in [0, 0.05) is 19.4 Å². The van der Waals surface area contributed by atoms with Crippen molar-refractivity contribution in [2.75, 3.05) is 0 Å². The van der Waals surface area contributed by atoms with Crippen molar-refractivity contribution in [1.82, 2.24) is 9.55 Å². The summed E-state index contributed by atoms with van der Waals surface area (Å²) in [6, 6.07) is 0.0833. The summed E-state index contributed by atoms with van der Waals surface area (Å²) >= 11 is 0. The number of nitrogens with zero attached hydrogens (tertiary/aromatic N) is 3. The van der Waals surface area contributed by atoms with E-state index in [0.717, 1.165) is 12.2 Å². The molecule has 0 saturated heterocycles. The van der Waals surface area contributed by atoms with Crippen LogP contribution in [0.25, 0.3) is 0 Å². The molecule has 7 nitrogen and oxygen atoms in total. The molecule has 0 saturated carbocycles. The Hall–Kier alpha value is -0.630. The predicted octanol–water partition coefficient (Wildman–Crippen LogP) is -2.41. The van der Waals surface area contributed by atoms with Crippen LogP contribution in [-0.4, -0.2) is 14.6 Å². The van der Waals surface area contributed by atoms with Crippen LogP contribution >= 0.6 is 0 Å². The van der Waals surface area contributed by atoms with Crippen molar-refractivity contribution in [3.05, 3.63) is 33.5 Å². The maximum atomic E-state index is 8.25. The van der Waals surface area contributed by atoms with Gasteiger partial charge < -0.3 is 25.6 Å². The van der Waals surface area contributed by atoms with Crippen LogP contribution in [0.15, 0.2) is 12.4 Å². The van der Waals surface area contributed by atoms with Gasteiger partial charge in [0.05, 0.1) is 11.1 Å². The van der Waals surface area contributed by atoms with Gasteiger partial charge >= 0.3 is 29.6 Å². The fourth-order valence-electron chi connectivity index (χ4n) is 0.917. The maximum Gasteiger partial charge on any atom is 1.00 e. The Morgan fingerprint density at radius 3 is 2.40 bits per heavy atom. The molecule has 15 heavy (non-hydrogen) atoms. The molecule has 0 aliphatic rings. The van der Waals surface area contributed by atoms with Crippen LogP contribution in [0.2, 0.25) is 0 Å². The molecule has 1 heterocycles. The van der Waals surface area contributed by atoms with E-state index in [1.54, 1.807) is 6.20 Å². The Bertz CT molecular complexity index is 288. The zero-order chi connectivity index (χ0) is 11.1. The first-order chi connectivity index (χ1) is 6.49. The van der Waals surface area contributed by atoms with Gasteiger partial charge in [0.1, 0.15) is 5.82 Å². The van der Waals surface area contributed by atoms with Gasteiger partial charge in [-0.1, -0.05) is 6.92 Å². The van der Waals surface area contributed by atoms with E-state index < -0.39 is 5.09 Å². The van der Waals surface area contributed by atoms with Crippen molar-refractivity contribution >= 4 is 0 Å². The largest absolute Gasteiger partial charge is 1.00 e. The molecule has 80 valence electrons. The molecule has 1 atom stereocenters. The average Bonchev–Trinajstić information content (AvgIpc) is 2.49. The van der Waals surface area contributed by atoms with Crippen LogP contribution in [0, 0.1) is 15.3 Å². The summed E-state index contributed by atoms with van der Waals surface area (Å²) in [6.07, 6.45) is 4.61. The van der Waals surface area contributed by atoms with Crippen molar-refractivity contribution in [2.45, 2.75) is 19.4 Å². The van der Waals surface area contributed by atoms with Crippen LogP contribution in [0.3, 0.4) is 0 Å². The number of aromatic nitrogens is 2. The molecule has 0 aliphatic carbocycles. The molecule has 1 aromatic heterocycles. The number of rotatable bonds is 2. The second-order valence-corrected chi connectivity index (χ2v) is 2.63. The Balaban J connectivity index is 0. The van der Waals surface area contributed by atoms with Gasteiger partial charge in [0.2, 0.25) is 0 Å². The topological polar surface area (TPSA) is 110 Å². The van der Waals surface area contributed by atoms with Gasteiger partial charge in [0.25, 0.3) is 0 Å². The number of hydrogen-bond acceptors (Lipinski definition) is 5. The van der Waals surface area contributed by atoms with Crippen LogP contribution in [0.1, 0.15) is 25.2 Å². The van der Waals surface area contributed by atoms with E-state index in [9.17, 15) is 0 Å². The Kier molecular flexibility index (Phi) is 9.69. The van der Waals surface area contributed by atoms with E-state index >= 15 is 0 Å². The molecule has 8 heteroatoms. The molecule has 2 N–H and O–H groups in total. The fraction of sp³-hybridized carbons (Fsp3) is 0.571. The van der Waals surface area contributed by atoms with E-state index in [1.807, 2.05) is 17.8 Å². The van der Waals surface area contributed by atoms with E-state index in [-0.39, 0.29) is 35.6 Å². The Labute approximate surface area is 110 Å². The zero-order valence-corrected chi connectivity index (χ0v) is 11.1. The third kappa shape index (κ3) is 7.32. The van der Waals surface area contributed by atoms with Gasteiger partial charge in [-0.15, -0.1) is 0 Å². The predicted molar refractivity (Wildman–Crippen MR) is 50.8 cm³/mol. The summed E-state index contributed by atoms with van der Waals surface area (Å²) in [7, 11) is 1.96. The minimum atomic E-state index is -1.75. The molecule has 0 bridgehead atoms. The summed E-state index contributed by atoms with van der Waals surface area (Å²) in [4.78, 5) is 12.4. The molecule has 0 spiro atoms. The van der Waals surface area contributed by atoms with Crippen molar-refractivity contribution in [2.24, 2.45) is 12.8 Å². The summed E-state index contributed by atoms with van der Waals surface area (Å²) < 4.78 is 1.95. The summed E-state index contributed by atoms with van der Waals surface area (Å²) in [6.45, 7) is 2.05. The number of hydrogen-bond donors (Lipinski definition) is 1. The van der Waals surface area contributed by atoms with Crippen LogP contribution in [0.4, 0.5) is 0 Å². The van der Waals surface area contributed by atoms with Crippen molar-refractivity contribution < 1.29 is 34.6 Å². The number of imidazole rings is 1. The molecule has 1 aromatic rings. The first kappa shape index (κ1) is 16.8.